The normalized spacial score (nSPS) is 33.0. The molecular formula is C5H8ClO. The zero-order chi connectivity index (χ0) is 5.11. The molecule has 1 atom stereocenters. The maximum Gasteiger partial charge on any atom is 0.0837 e. The second-order valence-electron chi connectivity index (χ2n) is 1.67. The van der Waals surface area contributed by atoms with E-state index in [4.69, 9.17) is 16.3 Å². The first-order valence-electron chi connectivity index (χ1n) is 2.47. The largest absolute Gasteiger partial charge is 0.374 e. The topological polar surface area (TPSA) is 9.23 Å². The molecular weight excluding hydrogens is 112 g/mol. The Morgan fingerprint density at radius 3 is 2.86 bits per heavy atom. The van der Waals surface area contributed by atoms with Crippen molar-refractivity contribution in [2.45, 2.75) is 18.2 Å². The van der Waals surface area contributed by atoms with Crippen molar-refractivity contribution in [3.8, 4) is 0 Å². The molecule has 0 aromatic rings. The Morgan fingerprint density at radius 1 is 1.71 bits per heavy atom. The van der Waals surface area contributed by atoms with Gasteiger partial charge >= 0.3 is 0 Å². The standard InChI is InChI=1S/C5H8ClO/c6-5-2-1-3-7-4-5/h3,5H,1-2,4H2. The van der Waals surface area contributed by atoms with E-state index >= 15 is 0 Å². The molecule has 0 aromatic carbocycles. The summed E-state index contributed by atoms with van der Waals surface area (Å²) in [5.74, 6) is 0. The van der Waals surface area contributed by atoms with Gasteiger partial charge in [-0.1, -0.05) is 0 Å². The fourth-order valence-corrected chi connectivity index (χ4v) is 0.787. The van der Waals surface area contributed by atoms with E-state index in [1.54, 1.807) is 0 Å². The third kappa shape index (κ3) is 1.66. The molecule has 1 heterocycles. The number of hydrogen-bond donors (Lipinski definition) is 0. The van der Waals surface area contributed by atoms with E-state index in [9.17, 15) is 0 Å². The van der Waals surface area contributed by atoms with E-state index in [0.29, 0.717) is 6.61 Å². The van der Waals surface area contributed by atoms with Crippen molar-refractivity contribution in [3.05, 3.63) is 6.61 Å². The van der Waals surface area contributed by atoms with Crippen molar-refractivity contribution < 1.29 is 4.74 Å². The van der Waals surface area contributed by atoms with Gasteiger partial charge in [0.15, 0.2) is 0 Å². The summed E-state index contributed by atoms with van der Waals surface area (Å²) in [5.41, 5.74) is 0. The Morgan fingerprint density at radius 2 is 2.57 bits per heavy atom. The van der Waals surface area contributed by atoms with Gasteiger partial charge in [0.25, 0.3) is 0 Å². The van der Waals surface area contributed by atoms with E-state index in [-0.39, 0.29) is 5.38 Å². The number of hydrogen-bond acceptors (Lipinski definition) is 1. The van der Waals surface area contributed by atoms with Gasteiger partial charge in [0.2, 0.25) is 0 Å². The quantitative estimate of drug-likeness (QED) is 0.440. The second-order valence-corrected chi connectivity index (χ2v) is 2.29. The third-order valence-electron chi connectivity index (χ3n) is 0.993. The lowest BCUT2D eigenvalue weighted by Crippen LogP contribution is -2.13. The summed E-state index contributed by atoms with van der Waals surface area (Å²) in [4.78, 5) is 0. The van der Waals surface area contributed by atoms with Crippen molar-refractivity contribution in [1.29, 1.82) is 0 Å². The molecule has 0 aromatic heterocycles. The van der Waals surface area contributed by atoms with Gasteiger partial charge in [0, 0.05) is 0 Å². The molecule has 0 amide bonds. The van der Waals surface area contributed by atoms with Crippen molar-refractivity contribution in [3.63, 3.8) is 0 Å². The molecule has 0 bridgehead atoms. The molecule has 0 saturated carbocycles. The molecule has 1 unspecified atom stereocenters. The highest BCUT2D eigenvalue weighted by Gasteiger charge is 2.08. The van der Waals surface area contributed by atoms with E-state index in [1.807, 2.05) is 6.61 Å². The third-order valence-corrected chi connectivity index (χ3v) is 1.34. The predicted octanol–water partition coefficient (Wildman–Crippen LogP) is 1.57. The molecule has 0 spiro atoms. The SMILES string of the molecule is ClC1CC[CH]OC1. The first kappa shape index (κ1) is 5.39. The van der Waals surface area contributed by atoms with Gasteiger partial charge in [0.1, 0.15) is 0 Å². The Bertz CT molecular complexity index is 50.0. The average Bonchev–Trinajstić information content (AvgIpc) is 1.69. The van der Waals surface area contributed by atoms with Crippen LogP contribution in [0.3, 0.4) is 0 Å². The van der Waals surface area contributed by atoms with E-state index in [0.717, 1.165) is 12.8 Å². The van der Waals surface area contributed by atoms with Gasteiger partial charge in [-0.25, -0.2) is 0 Å². The molecule has 1 rings (SSSR count). The first-order valence-corrected chi connectivity index (χ1v) is 2.90. The summed E-state index contributed by atoms with van der Waals surface area (Å²) < 4.78 is 4.92. The number of alkyl halides is 1. The lowest BCUT2D eigenvalue weighted by molar-refractivity contribution is 0.159. The van der Waals surface area contributed by atoms with Crippen LogP contribution in [0.2, 0.25) is 0 Å². The fraction of sp³-hybridized carbons (Fsp3) is 0.800. The monoisotopic (exact) mass is 119 g/mol. The van der Waals surface area contributed by atoms with Crippen LogP contribution in [0.5, 0.6) is 0 Å². The maximum atomic E-state index is 5.67. The van der Waals surface area contributed by atoms with Crippen LogP contribution < -0.4 is 0 Å². The van der Waals surface area contributed by atoms with Crippen LogP contribution in [-0.2, 0) is 4.74 Å². The molecule has 1 saturated heterocycles. The molecule has 1 aliphatic rings. The van der Waals surface area contributed by atoms with E-state index < -0.39 is 0 Å². The van der Waals surface area contributed by atoms with E-state index in [1.165, 1.54) is 0 Å². The van der Waals surface area contributed by atoms with Gasteiger partial charge < -0.3 is 4.74 Å². The minimum atomic E-state index is 0.255. The summed E-state index contributed by atoms with van der Waals surface area (Å²) >= 11 is 5.67. The van der Waals surface area contributed by atoms with Crippen molar-refractivity contribution >= 4 is 11.6 Å². The molecule has 2 heteroatoms. The summed E-state index contributed by atoms with van der Waals surface area (Å²) in [5, 5.41) is 0.255. The Labute approximate surface area is 48.6 Å². The Balaban J connectivity index is 2.12. The lowest BCUT2D eigenvalue weighted by Gasteiger charge is -2.14. The molecule has 7 heavy (non-hydrogen) atoms. The second kappa shape index (κ2) is 2.53. The van der Waals surface area contributed by atoms with Crippen LogP contribution in [-0.4, -0.2) is 12.0 Å². The summed E-state index contributed by atoms with van der Waals surface area (Å²) in [6.45, 7) is 2.51. The Kier molecular flexibility index (Phi) is 1.95. The first-order chi connectivity index (χ1) is 3.39. The molecule has 41 valence electrons. The van der Waals surface area contributed by atoms with Crippen LogP contribution in [0.4, 0.5) is 0 Å². The van der Waals surface area contributed by atoms with Gasteiger partial charge in [-0.2, -0.15) is 0 Å². The number of ether oxygens (including phenoxy) is 1. The number of halogens is 1. The minimum absolute atomic E-state index is 0.255. The van der Waals surface area contributed by atoms with Crippen LogP contribution in [0.1, 0.15) is 12.8 Å². The van der Waals surface area contributed by atoms with Gasteiger partial charge in [-0.3, -0.25) is 0 Å². The smallest absolute Gasteiger partial charge is 0.0837 e. The Hall–Kier alpha value is 0.250. The highest BCUT2D eigenvalue weighted by Crippen LogP contribution is 2.13. The van der Waals surface area contributed by atoms with Crippen molar-refractivity contribution in [1.82, 2.24) is 0 Å². The summed E-state index contributed by atoms with van der Waals surface area (Å²) in [6.07, 6.45) is 2.08. The lowest BCUT2D eigenvalue weighted by atomic mass is 10.2. The average molecular weight is 120 g/mol. The van der Waals surface area contributed by atoms with Gasteiger partial charge in [-0.15, -0.1) is 11.6 Å². The predicted molar refractivity (Wildman–Crippen MR) is 29.1 cm³/mol. The number of rotatable bonds is 0. The van der Waals surface area contributed by atoms with E-state index in [2.05, 4.69) is 0 Å². The van der Waals surface area contributed by atoms with Crippen molar-refractivity contribution in [2.75, 3.05) is 6.61 Å². The van der Waals surface area contributed by atoms with Crippen LogP contribution in [0.15, 0.2) is 0 Å². The molecule has 1 nitrogen and oxygen atoms in total. The molecule has 0 aliphatic carbocycles. The summed E-state index contributed by atoms with van der Waals surface area (Å²) in [7, 11) is 0. The van der Waals surface area contributed by atoms with Crippen molar-refractivity contribution in [2.24, 2.45) is 0 Å². The molecule has 0 N–H and O–H groups in total. The van der Waals surface area contributed by atoms with Gasteiger partial charge in [-0.05, 0) is 12.8 Å². The zero-order valence-electron chi connectivity index (χ0n) is 4.06. The zero-order valence-corrected chi connectivity index (χ0v) is 4.82. The molecule has 1 radical (unpaired) electrons. The maximum absolute atomic E-state index is 5.67. The molecule has 1 aliphatic heterocycles. The highest BCUT2D eigenvalue weighted by molar-refractivity contribution is 6.20. The van der Waals surface area contributed by atoms with Crippen LogP contribution in [0, 0.1) is 6.61 Å². The fourth-order valence-electron chi connectivity index (χ4n) is 0.588. The molecule has 1 fully saturated rings. The minimum Gasteiger partial charge on any atom is -0.374 e. The summed E-state index contributed by atoms with van der Waals surface area (Å²) in [6, 6.07) is 0. The van der Waals surface area contributed by atoms with Crippen LogP contribution >= 0.6 is 11.6 Å². The van der Waals surface area contributed by atoms with Gasteiger partial charge in [0.05, 0.1) is 18.6 Å². The van der Waals surface area contributed by atoms with Crippen LogP contribution in [0.25, 0.3) is 0 Å². The highest BCUT2D eigenvalue weighted by atomic mass is 35.5.